The van der Waals surface area contributed by atoms with Gasteiger partial charge in [-0.05, 0) is 49.9 Å². The normalized spacial score (nSPS) is 15.3. The van der Waals surface area contributed by atoms with Crippen LogP contribution in [0.2, 0.25) is 0 Å². The third-order valence-electron chi connectivity index (χ3n) is 5.37. The molecule has 4 aromatic heterocycles. The van der Waals surface area contributed by atoms with E-state index >= 15 is 0 Å². The van der Waals surface area contributed by atoms with E-state index in [1.807, 2.05) is 31.3 Å². The summed E-state index contributed by atoms with van der Waals surface area (Å²) < 4.78 is 4.99. The monoisotopic (exact) mass is 391 g/mol. The van der Waals surface area contributed by atoms with E-state index in [9.17, 15) is 4.79 Å². The van der Waals surface area contributed by atoms with E-state index < -0.39 is 0 Å². The lowest BCUT2D eigenvalue weighted by molar-refractivity contribution is 0.333. The summed E-state index contributed by atoms with van der Waals surface area (Å²) in [4.78, 5) is 14.5. The Bertz CT molecular complexity index is 1190. The fourth-order valence-electron chi connectivity index (χ4n) is 3.74. The van der Waals surface area contributed by atoms with E-state index in [2.05, 4.69) is 30.4 Å². The third kappa shape index (κ3) is 3.37. The first-order valence-electron chi connectivity index (χ1n) is 9.69. The van der Waals surface area contributed by atoms with E-state index in [-0.39, 0.29) is 5.56 Å². The molecule has 1 aliphatic rings. The molecule has 0 N–H and O–H groups in total. The molecular formula is C19H21N9O. The summed E-state index contributed by atoms with van der Waals surface area (Å²) in [5.74, 6) is 2.74. The first kappa shape index (κ1) is 17.5. The van der Waals surface area contributed by atoms with Gasteiger partial charge in [-0.3, -0.25) is 4.79 Å². The van der Waals surface area contributed by atoms with E-state index in [4.69, 9.17) is 0 Å². The number of piperidine rings is 1. The fourth-order valence-corrected chi connectivity index (χ4v) is 3.74. The van der Waals surface area contributed by atoms with Crippen molar-refractivity contribution < 1.29 is 0 Å². The second-order valence-electron chi connectivity index (χ2n) is 7.30. The van der Waals surface area contributed by atoms with Crippen molar-refractivity contribution in [1.29, 1.82) is 0 Å². The Morgan fingerprint density at radius 2 is 1.86 bits per heavy atom. The van der Waals surface area contributed by atoms with E-state index in [1.54, 1.807) is 32.2 Å². The average Bonchev–Trinajstić information content (AvgIpc) is 3.41. The van der Waals surface area contributed by atoms with Gasteiger partial charge in [0.2, 0.25) is 0 Å². The molecule has 0 bridgehead atoms. The van der Waals surface area contributed by atoms with E-state index in [1.165, 1.54) is 0 Å². The average molecular weight is 391 g/mol. The Balaban J connectivity index is 1.28. The number of aryl methyl sites for hydroxylation is 1. The van der Waals surface area contributed by atoms with Gasteiger partial charge in [0.25, 0.3) is 5.56 Å². The molecule has 0 saturated carbocycles. The summed E-state index contributed by atoms with van der Waals surface area (Å²) in [6, 6.07) is 9.02. The standard InChI is InChI=1S/C19H21N9O/c1-14-21-22-16-3-4-17(24-28(14)16)25-11-7-15(8-12-25)13-27-19(29)6-5-18(23-27)26-10-2-9-20-26/h2-6,9-10,15H,7-8,11-13H2,1H3. The summed E-state index contributed by atoms with van der Waals surface area (Å²) >= 11 is 0. The summed E-state index contributed by atoms with van der Waals surface area (Å²) in [6.45, 7) is 4.28. The quantitative estimate of drug-likeness (QED) is 0.513. The van der Waals surface area contributed by atoms with Gasteiger partial charge in [0.1, 0.15) is 5.82 Å². The largest absolute Gasteiger partial charge is 0.355 e. The van der Waals surface area contributed by atoms with Crippen LogP contribution in [0.5, 0.6) is 0 Å². The van der Waals surface area contributed by atoms with Crippen molar-refractivity contribution in [3.8, 4) is 5.82 Å². The molecule has 0 aromatic carbocycles. The molecule has 10 nitrogen and oxygen atoms in total. The van der Waals surface area contributed by atoms with Crippen molar-refractivity contribution in [2.45, 2.75) is 26.3 Å². The number of hydrogen-bond acceptors (Lipinski definition) is 7. The fraction of sp³-hybridized carbons (Fsp3) is 0.368. The minimum absolute atomic E-state index is 0.0847. The highest BCUT2D eigenvalue weighted by atomic mass is 16.1. The first-order chi connectivity index (χ1) is 14.2. The molecule has 29 heavy (non-hydrogen) atoms. The van der Waals surface area contributed by atoms with Crippen LogP contribution in [0.4, 0.5) is 5.82 Å². The molecule has 0 amide bonds. The molecule has 1 saturated heterocycles. The van der Waals surface area contributed by atoms with Crippen LogP contribution < -0.4 is 10.5 Å². The molecule has 0 unspecified atom stereocenters. The van der Waals surface area contributed by atoms with Gasteiger partial charge in [-0.2, -0.15) is 9.61 Å². The second-order valence-corrected chi connectivity index (χ2v) is 7.30. The van der Waals surface area contributed by atoms with Crippen molar-refractivity contribution in [3.05, 3.63) is 58.9 Å². The van der Waals surface area contributed by atoms with Crippen molar-refractivity contribution >= 4 is 11.5 Å². The predicted octanol–water partition coefficient (Wildman–Crippen LogP) is 1.09. The Kier molecular flexibility index (Phi) is 4.30. The van der Waals surface area contributed by atoms with Crippen molar-refractivity contribution in [2.75, 3.05) is 18.0 Å². The minimum Gasteiger partial charge on any atom is -0.355 e. The maximum atomic E-state index is 12.3. The van der Waals surface area contributed by atoms with Crippen LogP contribution in [-0.2, 0) is 6.54 Å². The molecule has 5 rings (SSSR count). The van der Waals surface area contributed by atoms with Crippen LogP contribution in [0.15, 0.2) is 47.5 Å². The number of rotatable bonds is 4. The lowest BCUT2D eigenvalue weighted by Crippen LogP contribution is -2.37. The van der Waals surface area contributed by atoms with Crippen LogP contribution in [-0.4, -0.2) is 52.5 Å². The number of fused-ring (bicyclic) bond motifs is 1. The van der Waals surface area contributed by atoms with Crippen molar-refractivity contribution in [1.82, 2.24) is 39.4 Å². The van der Waals surface area contributed by atoms with Crippen molar-refractivity contribution in [2.24, 2.45) is 5.92 Å². The highest BCUT2D eigenvalue weighted by molar-refractivity contribution is 5.45. The zero-order valence-corrected chi connectivity index (χ0v) is 16.1. The number of hydrogen-bond donors (Lipinski definition) is 0. The highest BCUT2D eigenvalue weighted by Crippen LogP contribution is 2.23. The summed E-state index contributed by atoms with van der Waals surface area (Å²) in [5, 5.41) is 21.5. The van der Waals surface area contributed by atoms with Gasteiger partial charge in [-0.25, -0.2) is 9.36 Å². The van der Waals surface area contributed by atoms with E-state index in [0.717, 1.165) is 43.2 Å². The Labute approximate surface area is 166 Å². The van der Waals surface area contributed by atoms with Gasteiger partial charge in [0, 0.05) is 38.1 Å². The van der Waals surface area contributed by atoms with Crippen LogP contribution in [0.25, 0.3) is 11.5 Å². The molecule has 0 atom stereocenters. The maximum Gasteiger partial charge on any atom is 0.266 e. The van der Waals surface area contributed by atoms with Crippen LogP contribution >= 0.6 is 0 Å². The SMILES string of the molecule is Cc1nnc2ccc(N3CCC(Cn4nc(-n5cccn5)ccc4=O)CC3)nn12. The summed E-state index contributed by atoms with van der Waals surface area (Å²) in [5.41, 5.74) is 0.669. The molecular weight excluding hydrogens is 370 g/mol. The highest BCUT2D eigenvalue weighted by Gasteiger charge is 2.22. The number of aromatic nitrogens is 8. The zero-order chi connectivity index (χ0) is 19.8. The number of anilines is 1. The third-order valence-corrected chi connectivity index (χ3v) is 5.37. The van der Waals surface area contributed by atoms with Gasteiger partial charge in [-0.1, -0.05) is 0 Å². The molecule has 1 fully saturated rings. The molecule has 10 heteroatoms. The lowest BCUT2D eigenvalue weighted by atomic mass is 9.97. The van der Waals surface area contributed by atoms with Gasteiger partial charge in [-0.15, -0.1) is 20.4 Å². The van der Waals surface area contributed by atoms with E-state index in [0.29, 0.717) is 18.3 Å². The smallest absolute Gasteiger partial charge is 0.266 e. The molecule has 0 spiro atoms. The minimum atomic E-state index is -0.0847. The van der Waals surface area contributed by atoms with Gasteiger partial charge in [0.15, 0.2) is 17.3 Å². The molecule has 0 aliphatic carbocycles. The van der Waals surface area contributed by atoms with Crippen LogP contribution in [0.1, 0.15) is 18.7 Å². The van der Waals surface area contributed by atoms with Crippen LogP contribution in [0.3, 0.4) is 0 Å². The molecule has 148 valence electrons. The summed E-state index contributed by atoms with van der Waals surface area (Å²) in [7, 11) is 0. The predicted molar refractivity (Wildman–Crippen MR) is 106 cm³/mol. The first-order valence-corrected chi connectivity index (χ1v) is 9.69. The van der Waals surface area contributed by atoms with Gasteiger partial charge >= 0.3 is 0 Å². The van der Waals surface area contributed by atoms with Gasteiger partial charge in [0.05, 0.1) is 0 Å². The Morgan fingerprint density at radius 1 is 1.03 bits per heavy atom. The lowest BCUT2D eigenvalue weighted by Gasteiger charge is -2.32. The molecule has 1 aliphatic heterocycles. The second kappa shape index (κ2) is 7.12. The van der Waals surface area contributed by atoms with Gasteiger partial charge < -0.3 is 4.90 Å². The Morgan fingerprint density at radius 3 is 2.66 bits per heavy atom. The molecule has 4 aromatic rings. The molecule has 0 radical (unpaired) electrons. The summed E-state index contributed by atoms with van der Waals surface area (Å²) in [6.07, 6.45) is 5.46. The molecule has 5 heterocycles. The topological polar surface area (TPSA) is 99.0 Å². The Hall–Kier alpha value is -3.56. The number of nitrogens with zero attached hydrogens (tertiary/aromatic N) is 9. The van der Waals surface area contributed by atoms with Crippen molar-refractivity contribution in [3.63, 3.8) is 0 Å². The van der Waals surface area contributed by atoms with Crippen LogP contribution in [0, 0.1) is 12.8 Å². The maximum absolute atomic E-state index is 12.3. The zero-order valence-electron chi connectivity index (χ0n) is 16.1.